The van der Waals surface area contributed by atoms with Gasteiger partial charge in [-0.05, 0) is 24.3 Å². The predicted molar refractivity (Wildman–Crippen MR) is 139 cm³/mol. The average Bonchev–Trinajstić information content (AvgIpc) is 3.47. The lowest BCUT2D eigenvalue weighted by atomic mass is 10.1. The molecule has 1 aliphatic heterocycles. The number of hydrogen-bond acceptors (Lipinski definition) is 8. The van der Waals surface area contributed by atoms with Gasteiger partial charge in [-0.3, -0.25) is 19.3 Å². The lowest BCUT2D eigenvalue weighted by molar-refractivity contribution is 0.0531. The molecule has 4 aromatic rings. The SMILES string of the molecule is COc1cc(NS(=O)(=O)c2cccc3cccnc23)ccc1C(=O)N1CCN(C(=O)c2cscn2)CC1. The monoisotopic (exact) mass is 537 g/mol. The van der Waals surface area contributed by atoms with Gasteiger partial charge < -0.3 is 14.5 Å². The molecule has 0 bridgehead atoms. The third-order valence-electron chi connectivity index (χ3n) is 6.07. The molecule has 12 heteroatoms. The topological polar surface area (TPSA) is 122 Å². The lowest BCUT2D eigenvalue weighted by Gasteiger charge is -2.34. The summed E-state index contributed by atoms with van der Waals surface area (Å²) < 4.78 is 34.3. The first-order valence-corrected chi connectivity index (χ1v) is 13.8. The standard InChI is InChI=1S/C25H23N5O5S2/c1-35-21-14-18(28-37(33,34)22-6-2-4-17-5-3-9-26-23(17)22)7-8-19(21)24(31)29-10-12-30(13-11-29)25(32)20-15-36-16-27-20/h2-9,14-16,28H,10-13H2,1H3. The summed E-state index contributed by atoms with van der Waals surface area (Å²) in [7, 11) is -2.54. The Kier molecular flexibility index (Phi) is 6.76. The van der Waals surface area contributed by atoms with Crippen LogP contribution in [-0.2, 0) is 10.0 Å². The molecular weight excluding hydrogens is 514 g/mol. The van der Waals surface area contributed by atoms with Crippen molar-refractivity contribution in [1.82, 2.24) is 19.8 Å². The molecule has 1 saturated heterocycles. The molecule has 1 fully saturated rings. The van der Waals surface area contributed by atoms with Crippen molar-refractivity contribution in [3.63, 3.8) is 0 Å². The Balaban J connectivity index is 1.31. The second-order valence-electron chi connectivity index (χ2n) is 8.31. The number of nitrogens with one attached hydrogen (secondary N) is 1. The third kappa shape index (κ3) is 4.98. The summed E-state index contributed by atoms with van der Waals surface area (Å²) >= 11 is 1.36. The van der Waals surface area contributed by atoms with Crippen molar-refractivity contribution in [2.24, 2.45) is 0 Å². The summed E-state index contributed by atoms with van der Waals surface area (Å²) in [5.41, 5.74) is 2.94. The second-order valence-corrected chi connectivity index (χ2v) is 10.7. The predicted octanol–water partition coefficient (Wildman–Crippen LogP) is 3.10. The highest BCUT2D eigenvalue weighted by Gasteiger charge is 2.28. The van der Waals surface area contributed by atoms with Crippen molar-refractivity contribution < 1.29 is 22.7 Å². The molecule has 0 atom stereocenters. The second kappa shape index (κ2) is 10.1. The normalized spacial score (nSPS) is 14.0. The van der Waals surface area contributed by atoms with Gasteiger partial charge in [-0.25, -0.2) is 13.4 Å². The number of sulfonamides is 1. The molecule has 10 nitrogen and oxygen atoms in total. The molecule has 1 aliphatic rings. The van der Waals surface area contributed by atoms with E-state index in [9.17, 15) is 18.0 Å². The molecule has 2 amide bonds. The molecule has 0 unspecified atom stereocenters. The number of rotatable bonds is 6. The van der Waals surface area contributed by atoms with Gasteiger partial charge in [0, 0.05) is 49.2 Å². The van der Waals surface area contributed by atoms with Crippen LogP contribution in [0.3, 0.4) is 0 Å². The fraction of sp³-hybridized carbons (Fsp3) is 0.200. The molecular formula is C25H23N5O5S2. The van der Waals surface area contributed by atoms with Crippen LogP contribution >= 0.6 is 11.3 Å². The molecule has 1 N–H and O–H groups in total. The zero-order valence-electron chi connectivity index (χ0n) is 19.8. The fourth-order valence-electron chi connectivity index (χ4n) is 4.20. The van der Waals surface area contributed by atoms with Crippen LogP contribution in [0.4, 0.5) is 5.69 Å². The first-order chi connectivity index (χ1) is 17.9. The molecule has 3 heterocycles. The van der Waals surface area contributed by atoms with E-state index in [-0.39, 0.29) is 28.1 Å². The van der Waals surface area contributed by atoms with Crippen LogP contribution in [0.2, 0.25) is 0 Å². The molecule has 190 valence electrons. The average molecular weight is 538 g/mol. The van der Waals surface area contributed by atoms with E-state index in [2.05, 4.69) is 14.7 Å². The highest BCUT2D eigenvalue weighted by Crippen LogP contribution is 2.28. The highest BCUT2D eigenvalue weighted by atomic mass is 32.2. The first kappa shape index (κ1) is 24.7. The van der Waals surface area contributed by atoms with Gasteiger partial charge in [0.05, 0.1) is 29.4 Å². The number of hydrogen-bond donors (Lipinski definition) is 1. The third-order valence-corrected chi connectivity index (χ3v) is 8.07. The Bertz CT molecular complexity index is 1560. The number of aromatic nitrogens is 2. The van der Waals surface area contributed by atoms with Gasteiger partial charge in [-0.15, -0.1) is 11.3 Å². The number of anilines is 1. The fourth-order valence-corrected chi connectivity index (χ4v) is 5.95. The van der Waals surface area contributed by atoms with Gasteiger partial charge in [-0.2, -0.15) is 0 Å². The zero-order valence-corrected chi connectivity index (χ0v) is 21.5. The number of carbonyl (C=O) groups excluding carboxylic acids is 2. The van der Waals surface area contributed by atoms with E-state index in [4.69, 9.17) is 4.74 Å². The maximum Gasteiger partial charge on any atom is 0.273 e. The molecule has 37 heavy (non-hydrogen) atoms. The minimum absolute atomic E-state index is 0.0507. The minimum atomic E-state index is -3.96. The number of para-hydroxylation sites is 1. The minimum Gasteiger partial charge on any atom is -0.496 e. The maximum atomic E-state index is 13.2. The van der Waals surface area contributed by atoms with Crippen molar-refractivity contribution in [3.8, 4) is 5.75 Å². The van der Waals surface area contributed by atoms with Gasteiger partial charge >= 0.3 is 0 Å². The summed E-state index contributed by atoms with van der Waals surface area (Å²) in [5, 5.41) is 2.41. The maximum absolute atomic E-state index is 13.2. The van der Waals surface area contributed by atoms with Gasteiger partial charge in [0.1, 0.15) is 16.3 Å². The molecule has 0 saturated carbocycles. The van der Waals surface area contributed by atoms with E-state index in [1.54, 1.807) is 51.2 Å². The number of piperazine rings is 1. The number of carbonyl (C=O) groups is 2. The van der Waals surface area contributed by atoms with Crippen molar-refractivity contribution in [3.05, 3.63) is 76.9 Å². The highest BCUT2D eigenvalue weighted by molar-refractivity contribution is 7.93. The van der Waals surface area contributed by atoms with Crippen LogP contribution in [0.5, 0.6) is 5.75 Å². The van der Waals surface area contributed by atoms with Crippen LogP contribution in [0.15, 0.2) is 70.5 Å². The number of nitrogens with zero attached hydrogens (tertiary/aromatic N) is 4. The Morgan fingerprint density at radius 1 is 0.973 bits per heavy atom. The molecule has 2 aromatic heterocycles. The summed E-state index contributed by atoms with van der Waals surface area (Å²) in [5.74, 6) is -0.170. The number of ether oxygens (including phenoxy) is 1. The molecule has 0 radical (unpaired) electrons. The van der Waals surface area contributed by atoms with Crippen molar-refractivity contribution in [2.75, 3.05) is 38.0 Å². The largest absolute Gasteiger partial charge is 0.496 e. The summed E-state index contributed by atoms with van der Waals surface area (Å²) in [4.78, 5) is 37.4. The van der Waals surface area contributed by atoms with Crippen LogP contribution in [0.25, 0.3) is 10.9 Å². The van der Waals surface area contributed by atoms with Gasteiger partial charge in [0.2, 0.25) is 0 Å². The van der Waals surface area contributed by atoms with E-state index in [0.717, 1.165) is 0 Å². The van der Waals surface area contributed by atoms with Crippen molar-refractivity contribution in [2.45, 2.75) is 4.90 Å². The van der Waals surface area contributed by atoms with Crippen molar-refractivity contribution >= 4 is 49.8 Å². The number of methoxy groups -OCH3 is 1. The van der Waals surface area contributed by atoms with E-state index in [1.165, 1.54) is 42.7 Å². The molecule has 2 aromatic carbocycles. The lowest BCUT2D eigenvalue weighted by Crippen LogP contribution is -2.50. The molecule has 0 spiro atoms. The number of pyridine rings is 1. The quantitative estimate of drug-likeness (QED) is 0.401. The summed E-state index contributed by atoms with van der Waals surface area (Å²) in [6.07, 6.45) is 1.54. The summed E-state index contributed by atoms with van der Waals surface area (Å²) in [6.45, 7) is 1.50. The van der Waals surface area contributed by atoms with Gasteiger partial charge in [-0.1, -0.05) is 18.2 Å². The van der Waals surface area contributed by atoms with Crippen LogP contribution < -0.4 is 9.46 Å². The Morgan fingerprint density at radius 2 is 1.70 bits per heavy atom. The van der Waals surface area contributed by atoms with E-state index in [1.807, 2.05) is 0 Å². The zero-order chi connectivity index (χ0) is 26.0. The Hall–Kier alpha value is -4.03. The van der Waals surface area contributed by atoms with E-state index in [0.29, 0.717) is 48.3 Å². The number of thiazole rings is 1. The molecule has 5 rings (SSSR count). The number of amides is 2. The van der Waals surface area contributed by atoms with E-state index < -0.39 is 10.0 Å². The van der Waals surface area contributed by atoms with Crippen LogP contribution in [0.1, 0.15) is 20.8 Å². The van der Waals surface area contributed by atoms with Crippen molar-refractivity contribution in [1.29, 1.82) is 0 Å². The van der Waals surface area contributed by atoms with Crippen LogP contribution in [-0.4, -0.2) is 73.3 Å². The van der Waals surface area contributed by atoms with Gasteiger partial charge in [0.25, 0.3) is 21.8 Å². The molecule has 0 aliphatic carbocycles. The van der Waals surface area contributed by atoms with Crippen LogP contribution in [0, 0.1) is 0 Å². The Labute approximate surface area is 217 Å². The smallest absolute Gasteiger partial charge is 0.273 e. The Morgan fingerprint density at radius 3 is 2.41 bits per heavy atom. The number of benzene rings is 2. The summed E-state index contributed by atoms with van der Waals surface area (Å²) in [6, 6.07) is 13.0. The number of fused-ring (bicyclic) bond motifs is 1. The first-order valence-electron chi connectivity index (χ1n) is 11.4. The van der Waals surface area contributed by atoms with Gasteiger partial charge in [0.15, 0.2) is 0 Å². The van der Waals surface area contributed by atoms with E-state index >= 15 is 0 Å².